The molecule has 7 nitrogen and oxygen atoms in total. The maximum atomic E-state index is 6.14. The molecule has 8 heteroatoms. The zero-order valence-electron chi connectivity index (χ0n) is 15.4. The highest BCUT2D eigenvalue weighted by atomic mass is 35.5. The average molecular weight is 396 g/mol. The van der Waals surface area contributed by atoms with Crippen molar-refractivity contribution in [2.24, 2.45) is 0 Å². The number of aromatic nitrogens is 4. The van der Waals surface area contributed by atoms with Crippen molar-refractivity contribution >= 4 is 34.0 Å². The van der Waals surface area contributed by atoms with Crippen LogP contribution in [-0.4, -0.2) is 33.8 Å². The monoisotopic (exact) mass is 395 g/mol. The molecule has 3 heterocycles. The summed E-state index contributed by atoms with van der Waals surface area (Å²) in [6.07, 6.45) is 2.26. The van der Waals surface area contributed by atoms with Gasteiger partial charge in [-0.2, -0.15) is 4.98 Å². The minimum absolute atomic E-state index is 0.380. The Morgan fingerprint density at radius 1 is 1.18 bits per heavy atom. The Bertz CT molecular complexity index is 1130. The minimum Gasteiger partial charge on any atom is -0.384 e. The molecule has 0 radical (unpaired) electrons. The maximum Gasteiger partial charge on any atom is 0.261 e. The molecule has 142 valence electrons. The number of anilines is 2. The van der Waals surface area contributed by atoms with Crippen molar-refractivity contribution in [3.05, 3.63) is 59.1 Å². The van der Waals surface area contributed by atoms with Gasteiger partial charge in [0.15, 0.2) is 11.5 Å². The second-order valence-corrected chi connectivity index (χ2v) is 6.70. The summed E-state index contributed by atoms with van der Waals surface area (Å²) in [6, 6.07) is 11.4. The molecule has 0 aliphatic rings. The lowest BCUT2D eigenvalue weighted by Gasteiger charge is -2.13. The van der Waals surface area contributed by atoms with Crippen LogP contribution < -0.4 is 5.32 Å². The average Bonchev–Trinajstić information content (AvgIpc) is 3.15. The molecule has 0 aliphatic carbocycles. The third-order valence-corrected chi connectivity index (χ3v) is 4.43. The number of pyridine rings is 2. The van der Waals surface area contributed by atoms with E-state index in [-0.39, 0.29) is 0 Å². The summed E-state index contributed by atoms with van der Waals surface area (Å²) < 4.78 is 10.6. The molecule has 0 amide bonds. The predicted octanol–water partition coefficient (Wildman–Crippen LogP) is 4.57. The first-order valence-electron chi connectivity index (χ1n) is 8.75. The van der Waals surface area contributed by atoms with Gasteiger partial charge in [0, 0.05) is 41.5 Å². The first-order chi connectivity index (χ1) is 13.6. The second kappa shape index (κ2) is 7.92. The number of nitrogens with zero attached hydrogens (tertiary/aromatic N) is 4. The zero-order chi connectivity index (χ0) is 19.5. The van der Waals surface area contributed by atoms with Gasteiger partial charge >= 0.3 is 0 Å². The molecule has 3 aromatic heterocycles. The molecule has 4 aromatic rings. The molecule has 0 unspecified atom stereocenters. The number of benzene rings is 1. The van der Waals surface area contributed by atoms with Crippen molar-refractivity contribution in [1.82, 2.24) is 20.1 Å². The lowest BCUT2D eigenvalue weighted by atomic mass is 10.1. The Morgan fingerprint density at radius 2 is 2.07 bits per heavy atom. The number of aryl methyl sites for hydroxylation is 1. The van der Waals surface area contributed by atoms with Gasteiger partial charge in [-0.1, -0.05) is 22.8 Å². The molecule has 0 bridgehead atoms. The van der Waals surface area contributed by atoms with Gasteiger partial charge in [0.1, 0.15) is 0 Å². The predicted molar refractivity (Wildman–Crippen MR) is 108 cm³/mol. The highest BCUT2D eigenvalue weighted by molar-refractivity contribution is 6.30. The van der Waals surface area contributed by atoms with E-state index in [1.165, 1.54) is 0 Å². The maximum absolute atomic E-state index is 6.14. The van der Waals surface area contributed by atoms with Gasteiger partial charge in [-0.3, -0.25) is 0 Å². The molecule has 4 rings (SSSR count). The van der Waals surface area contributed by atoms with Gasteiger partial charge in [0.05, 0.1) is 17.9 Å². The third kappa shape index (κ3) is 3.81. The molecule has 0 atom stereocenters. The third-order valence-electron chi connectivity index (χ3n) is 4.19. The molecule has 28 heavy (non-hydrogen) atoms. The van der Waals surface area contributed by atoms with Crippen molar-refractivity contribution in [3.63, 3.8) is 0 Å². The number of hydrogen-bond donors (Lipinski definition) is 1. The molecule has 1 aromatic carbocycles. The van der Waals surface area contributed by atoms with Gasteiger partial charge in [0.25, 0.3) is 5.89 Å². The van der Waals surface area contributed by atoms with Gasteiger partial charge in [-0.15, -0.1) is 0 Å². The topological polar surface area (TPSA) is 86.0 Å². The standard InChI is InChI=1S/C20H18ClN5O2/c1-12-6-7-15-18(24-14-5-3-4-13(21)10-14)16(11-22-19(15)23-12)20-25-17(26-28-20)8-9-27-2/h3-7,10-11H,8-9H2,1-2H3,(H,22,23,24). The quantitative estimate of drug-likeness (QED) is 0.511. The number of fused-ring (bicyclic) bond motifs is 1. The highest BCUT2D eigenvalue weighted by Crippen LogP contribution is 2.35. The lowest BCUT2D eigenvalue weighted by molar-refractivity contribution is 0.199. The summed E-state index contributed by atoms with van der Waals surface area (Å²) in [5, 5.41) is 8.92. The van der Waals surface area contributed by atoms with E-state index in [1.54, 1.807) is 13.3 Å². The van der Waals surface area contributed by atoms with E-state index in [0.717, 1.165) is 22.5 Å². The molecule has 0 saturated carbocycles. The second-order valence-electron chi connectivity index (χ2n) is 6.26. The fraction of sp³-hybridized carbons (Fsp3) is 0.200. The summed E-state index contributed by atoms with van der Waals surface area (Å²) in [7, 11) is 1.64. The van der Waals surface area contributed by atoms with Crippen LogP contribution in [0.15, 0.2) is 47.1 Å². The van der Waals surface area contributed by atoms with E-state index in [9.17, 15) is 0 Å². The number of rotatable bonds is 6. The van der Waals surface area contributed by atoms with Crippen molar-refractivity contribution in [2.75, 3.05) is 19.0 Å². The van der Waals surface area contributed by atoms with Crippen LogP contribution in [0.1, 0.15) is 11.5 Å². The van der Waals surface area contributed by atoms with Crippen LogP contribution in [0.2, 0.25) is 5.02 Å². The molecule has 0 fully saturated rings. The normalized spacial score (nSPS) is 11.1. The lowest BCUT2D eigenvalue weighted by Crippen LogP contribution is -1.99. The smallest absolute Gasteiger partial charge is 0.261 e. The molecule has 0 aliphatic heterocycles. The van der Waals surface area contributed by atoms with Crippen LogP contribution >= 0.6 is 11.6 Å². The van der Waals surface area contributed by atoms with E-state index < -0.39 is 0 Å². The Hall–Kier alpha value is -3.03. The Balaban J connectivity index is 1.83. The minimum atomic E-state index is 0.380. The van der Waals surface area contributed by atoms with Crippen LogP contribution in [0.25, 0.3) is 22.5 Å². The van der Waals surface area contributed by atoms with E-state index in [0.29, 0.717) is 41.0 Å². The zero-order valence-corrected chi connectivity index (χ0v) is 16.2. The van der Waals surface area contributed by atoms with Crippen LogP contribution in [0.4, 0.5) is 11.4 Å². The number of methoxy groups -OCH3 is 1. The van der Waals surface area contributed by atoms with Crippen molar-refractivity contribution in [1.29, 1.82) is 0 Å². The van der Waals surface area contributed by atoms with E-state index in [1.807, 2.05) is 43.3 Å². The van der Waals surface area contributed by atoms with Gasteiger partial charge in [0.2, 0.25) is 0 Å². The molecular formula is C20H18ClN5O2. The number of ether oxygens (including phenoxy) is 1. The van der Waals surface area contributed by atoms with Crippen LogP contribution in [0.3, 0.4) is 0 Å². The molecule has 1 N–H and O–H groups in total. The first-order valence-corrected chi connectivity index (χ1v) is 9.12. The molecule has 0 spiro atoms. The summed E-state index contributed by atoms with van der Waals surface area (Å²) in [6.45, 7) is 2.45. The van der Waals surface area contributed by atoms with Gasteiger partial charge < -0.3 is 14.6 Å². The summed E-state index contributed by atoms with van der Waals surface area (Å²) >= 11 is 6.14. The fourth-order valence-electron chi connectivity index (χ4n) is 2.84. The van der Waals surface area contributed by atoms with Crippen molar-refractivity contribution < 1.29 is 9.26 Å². The first kappa shape index (κ1) is 18.3. The number of nitrogens with one attached hydrogen (secondary N) is 1. The Kier molecular flexibility index (Phi) is 5.18. The Morgan fingerprint density at radius 3 is 2.89 bits per heavy atom. The SMILES string of the molecule is COCCc1noc(-c2cnc3nc(C)ccc3c2Nc2cccc(Cl)c2)n1. The van der Waals surface area contributed by atoms with Gasteiger partial charge in [-0.25, -0.2) is 9.97 Å². The largest absolute Gasteiger partial charge is 0.384 e. The summed E-state index contributed by atoms with van der Waals surface area (Å²) in [5.74, 6) is 0.957. The van der Waals surface area contributed by atoms with Crippen LogP contribution in [0.5, 0.6) is 0 Å². The number of halogens is 1. The van der Waals surface area contributed by atoms with Crippen molar-refractivity contribution in [2.45, 2.75) is 13.3 Å². The van der Waals surface area contributed by atoms with E-state index >= 15 is 0 Å². The van der Waals surface area contributed by atoms with Crippen molar-refractivity contribution in [3.8, 4) is 11.5 Å². The highest BCUT2D eigenvalue weighted by Gasteiger charge is 2.18. The fourth-order valence-corrected chi connectivity index (χ4v) is 3.03. The van der Waals surface area contributed by atoms with Crippen LogP contribution in [-0.2, 0) is 11.2 Å². The summed E-state index contributed by atoms with van der Waals surface area (Å²) in [4.78, 5) is 13.5. The molecular weight excluding hydrogens is 378 g/mol. The van der Waals surface area contributed by atoms with Gasteiger partial charge in [-0.05, 0) is 37.3 Å². The van der Waals surface area contributed by atoms with Crippen LogP contribution in [0, 0.1) is 6.92 Å². The Labute approximate surface area is 166 Å². The number of hydrogen-bond acceptors (Lipinski definition) is 7. The van der Waals surface area contributed by atoms with E-state index in [2.05, 4.69) is 25.4 Å². The summed E-state index contributed by atoms with van der Waals surface area (Å²) in [5.41, 5.74) is 3.82. The molecule has 0 saturated heterocycles. The van der Waals surface area contributed by atoms with E-state index in [4.69, 9.17) is 20.9 Å².